The molecule has 0 fully saturated rings. The van der Waals surface area contributed by atoms with E-state index in [-0.39, 0.29) is 25.1 Å². The van der Waals surface area contributed by atoms with Crippen molar-refractivity contribution >= 4 is 27.7 Å². The van der Waals surface area contributed by atoms with E-state index in [1.807, 2.05) is 0 Å². The van der Waals surface area contributed by atoms with Gasteiger partial charge in [0.1, 0.15) is 23.9 Å². The summed E-state index contributed by atoms with van der Waals surface area (Å²) < 4.78 is 22.6. The summed E-state index contributed by atoms with van der Waals surface area (Å²) in [6, 6.07) is 12.1. The van der Waals surface area contributed by atoms with Crippen LogP contribution >= 0.6 is 15.9 Å². The predicted octanol–water partition coefficient (Wildman–Crippen LogP) is 4.00. The highest BCUT2D eigenvalue weighted by Gasteiger charge is 2.15. The average molecular weight is 417 g/mol. The third-order valence-electron chi connectivity index (χ3n) is 3.58. The van der Waals surface area contributed by atoms with Crippen molar-refractivity contribution in [2.24, 2.45) is 0 Å². The topological polar surface area (TPSA) is 82.8 Å². The zero-order valence-electron chi connectivity index (χ0n) is 13.4. The van der Waals surface area contributed by atoms with Crippen LogP contribution < -0.4 is 19.5 Å². The Morgan fingerprint density at radius 2 is 2.04 bits per heavy atom. The maximum atomic E-state index is 12.2. The van der Waals surface area contributed by atoms with E-state index < -0.39 is 0 Å². The van der Waals surface area contributed by atoms with Gasteiger partial charge >= 0.3 is 0 Å². The smallest absolute Gasteiger partial charge is 0.292 e. The molecule has 1 aliphatic heterocycles. The molecule has 0 radical (unpaired) electrons. The predicted molar refractivity (Wildman–Crippen MR) is 95.5 cm³/mol. The van der Waals surface area contributed by atoms with Crippen LogP contribution in [0.1, 0.15) is 16.3 Å². The van der Waals surface area contributed by atoms with Gasteiger partial charge in [-0.1, -0.05) is 0 Å². The van der Waals surface area contributed by atoms with Crippen molar-refractivity contribution in [1.29, 1.82) is 0 Å². The number of fused-ring (bicyclic) bond motifs is 1. The lowest BCUT2D eigenvalue weighted by atomic mass is 10.3. The van der Waals surface area contributed by atoms with Gasteiger partial charge in [-0.25, -0.2) is 4.98 Å². The Hall–Kier alpha value is -3.00. The fraction of sp³-hybridized carbons (Fsp3) is 0.111. The standard InChI is InChI=1S/C18H13BrN2O5/c19-11-1-6-17(20-8-11)21-18(22)15-5-3-13(26-15)9-23-12-2-4-14-16(7-12)25-10-24-14/h1-8H,9-10H2,(H,20,21,22). The maximum Gasteiger partial charge on any atom is 0.292 e. The summed E-state index contributed by atoms with van der Waals surface area (Å²) in [4.78, 5) is 16.3. The van der Waals surface area contributed by atoms with E-state index in [2.05, 4.69) is 26.2 Å². The number of amides is 1. The van der Waals surface area contributed by atoms with Gasteiger partial charge < -0.3 is 23.9 Å². The van der Waals surface area contributed by atoms with Gasteiger partial charge in [-0.15, -0.1) is 0 Å². The van der Waals surface area contributed by atoms with Crippen molar-refractivity contribution in [2.75, 3.05) is 12.1 Å². The molecule has 0 bridgehead atoms. The molecule has 1 aromatic carbocycles. The molecule has 0 atom stereocenters. The number of aromatic nitrogens is 1. The van der Waals surface area contributed by atoms with Crippen LogP contribution in [0.2, 0.25) is 0 Å². The first kappa shape index (κ1) is 16.5. The number of rotatable bonds is 5. The van der Waals surface area contributed by atoms with E-state index in [9.17, 15) is 4.79 Å². The summed E-state index contributed by atoms with van der Waals surface area (Å²) in [5.41, 5.74) is 0. The number of ether oxygens (including phenoxy) is 3. The van der Waals surface area contributed by atoms with E-state index in [1.165, 1.54) is 0 Å². The molecule has 3 aromatic rings. The van der Waals surface area contributed by atoms with Gasteiger partial charge in [-0.3, -0.25) is 4.79 Å². The van der Waals surface area contributed by atoms with Crippen molar-refractivity contribution in [2.45, 2.75) is 6.61 Å². The van der Waals surface area contributed by atoms with Gasteiger partial charge in [0.25, 0.3) is 5.91 Å². The summed E-state index contributed by atoms with van der Waals surface area (Å²) in [5, 5.41) is 2.66. The number of hydrogen-bond donors (Lipinski definition) is 1. The summed E-state index contributed by atoms with van der Waals surface area (Å²) in [7, 11) is 0. The minimum Gasteiger partial charge on any atom is -0.486 e. The summed E-state index contributed by atoms with van der Waals surface area (Å²) in [5.74, 6) is 2.72. The van der Waals surface area contributed by atoms with Gasteiger partial charge in [-0.05, 0) is 52.3 Å². The maximum absolute atomic E-state index is 12.2. The minimum atomic E-state index is -0.380. The fourth-order valence-electron chi connectivity index (χ4n) is 2.33. The highest BCUT2D eigenvalue weighted by molar-refractivity contribution is 9.10. The van der Waals surface area contributed by atoms with Crippen LogP contribution in [0.15, 0.2) is 57.6 Å². The Bertz CT molecular complexity index is 939. The second-order valence-corrected chi connectivity index (χ2v) is 6.30. The van der Waals surface area contributed by atoms with Crippen molar-refractivity contribution < 1.29 is 23.4 Å². The molecule has 0 saturated carbocycles. The molecule has 2 aromatic heterocycles. The molecule has 3 heterocycles. The van der Waals surface area contributed by atoms with Crippen LogP contribution in [-0.4, -0.2) is 17.7 Å². The average Bonchev–Trinajstić information content (AvgIpc) is 3.30. The van der Waals surface area contributed by atoms with Crippen LogP contribution in [0.25, 0.3) is 0 Å². The Balaban J connectivity index is 1.36. The molecule has 0 spiro atoms. The van der Waals surface area contributed by atoms with Gasteiger partial charge in [-0.2, -0.15) is 0 Å². The fourth-order valence-corrected chi connectivity index (χ4v) is 2.56. The van der Waals surface area contributed by atoms with E-state index in [0.717, 1.165) is 4.47 Å². The van der Waals surface area contributed by atoms with Crippen LogP contribution in [0.4, 0.5) is 5.82 Å². The monoisotopic (exact) mass is 416 g/mol. The zero-order valence-corrected chi connectivity index (χ0v) is 15.0. The SMILES string of the molecule is O=C(Nc1ccc(Br)cn1)c1ccc(COc2ccc3c(c2)OCO3)o1. The largest absolute Gasteiger partial charge is 0.486 e. The number of carbonyl (C=O) groups is 1. The van der Waals surface area contributed by atoms with Gasteiger partial charge in [0.15, 0.2) is 17.3 Å². The van der Waals surface area contributed by atoms with E-state index in [4.69, 9.17) is 18.6 Å². The number of halogens is 1. The van der Waals surface area contributed by atoms with Crippen LogP contribution in [0, 0.1) is 0 Å². The number of benzene rings is 1. The van der Waals surface area contributed by atoms with Crippen molar-refractivity contribution in [3.63, 3.8) is 0 Å². The number of hydrogen-bond acceptors (Lipinski definition) is 6. The van der Waals surface area contributed by atoms with E-state index in [1.54, 1.807) is 48.7 Å². The van der Waals surface area contributed by atoms with Crippen LogP contribution in [0.3, 0.4) is 0 Å². The number of nitrogens with zero attached hydrogens (tertiary/aromatic N) is 1. The zero-order chi connectivity index (χ0) is 17.9. The summed E-state index contributed by atoms with van der Waals surface area (Å²) in [6.45, 7) is 0.395. The van der Waals surface area contributed by atoms with Crippen molar-refractivity contribution in [3.05, 3.63) is 64.7 Å². The Morgan fingerprint density at radius 1 is 1.15 bits per heavy atom. The third kappa shape index (κ3) is 3.65. The van der Waals surface area contributed by atoms with Crippen molar-refractivity contribution in [3.8, 4) is 17.2 Å². The summed E-state index contributed by atoms with van der Waals surface area (Å²) in [6.07, 6.45) is 1.60. The quantitative estimate of drug-likeness (QED) is 0.676. The molecule has 132 valence electrons. The summed E-state index contributed by atoms with van der Waals surface area (Å²) >= 11 is 3.29. The first-order chi connectivity index (χ1) is 12.7. The Kier molecular flexibility index (Phi) is 4.49. The van der Waals surface area contributed by atoms with E-state index in [0.29, 0.717) is 28.8 Å². The molecule has 26 heavy (non-hydrogen) atoms. The molecule has 7 nitrogen and oxygen atoms in total. The molecule has 8 heteroatoms. The molecule has 0 aliphatic carbocycles. The van der Waals surface area contributed by atoms with Gasteiger partial charge in [0.05, 0.1) is 0 Å². The number of pyridine rings is 1. The molecular formula is C18H13BrN2O5. The van der Waals surface area contributed by atoms with Crippen LogP contribution in [0.5, 0.6) is 17.2 Å². The Labute approximate surface area is 157 Å². The normalized spacial score (nSPS) is 12.0. The lowest BCUT2D eigenvalue weighted by Gasteiger charge is -2.05. The molecule has 0 unspecified atom stereocenters. The number of nitrogens with one attached hydrogen (secondary N) is 1. The van der Waals surface area contributed by atoms with E-state index >= 15 is 0 Å². The second-order valence-electron chi connectivity index (χ2n) is 5.39. The van der Waals surface area contributed by atoms with Gasteiger partial charge in [0, 0.05) is 16.7 Å². The molecule has 1 amide bonds. The molecular weight excluding hydrogens is 404 g/mol. The number of anilines is 1. The van der Waals surface area contributed by atoms with Gasteiger partial charge in [0.2, 0.25) is 6.79 Å². The lowest BCUT2D eigenvalue weighted by Crippen LogP contribution is -2.11. The molecule has 1 aliphatic rings. The molecule has 4 rings (SSSR count). The number of carbonyl (C=O) groups excluding carboxylic acids is 1. The first-order valence-corrected chi connectivity index (χ1v) is 8.51. The highest BCUT2D eigenvalue weighted by Crippen LogP contribution is 2.35. The third-order valence-corrected chi connectivity index (χ3v) is 4.05. The van der Waals surface area contributed by atoms with Crippen LogP contribution in [-0.2, 0) is 6.61 Å². The molecule has 0 saturated heterocycles. The first-order valence-electron chi connectivity index (χ1n) is 7.71. The highest BCUT2D eigenvalue weighted by atomic mass is 79.9. The molecule has 1 N–H and O–H groups in total. The van der Waals surface area contributed by atoms with Crippen molar-refractivity contribution in [1.82, 2.24) is 4.98 Å². The lowest BCUT2D eigenvalue weighted by molar-refractivity contribution is 0.0992. The second kappa shape index (κ2) is 7.09. The number of furan rings is 1. The minimum absolute atomic E-state index is 0.180. The Morgan fingerprint density at radius 3 is 2.88 bits per heavy atom.